The maximum atomic E-state index is 12.4. The topological polar surface area (TPSA) is 78.5 Å². The average Bonchev–Trinajstić information content (AvgIpc) is 2.72. The fourth-order valence-electron chi connectivity index (χ4n) is 2.46. The number of halogens is 1. The number of imide groups is 1. The molecule has 0 spiro atoms. The predicted molar refractivity (Wildman–Crippen MR) is 83.6 cm³/mol. The van der Waals surface area contributed by atoms with Gasteiger partial charge < -0.3 is 10.6 Å². The lowest BCUT2D eigenvalue weighted by Crippen LogP contribution is -2.46. The Kier molecular flexibility index (Phi) is 4.71. The Morgan fingerprint density at radius 1 is 1.32 bits per heavy atom. The molecule has 2 rings (SSSR count). The summed E-state index contributed by atoms with van der Waals surface area (Å²) in [6.07, 6.45) is 0.973. The summed E-state index contributed by atoms with van der Waals surface area (Å²) in [5.41, 5.74) is -0.380. The number of urea groups is 1. The van der Waals surface area contributed by atoms with E-state index in [-0.39, 0.29) is 12.5 Å². The number of carbonyl (C=O) groups is 3. The number of nitrogens with one attached hydrogen (secondary N) is 2. The van der Waals surface area contributed by atoms with E-state index in [2.05, 4.69) is 10.6 Å². The van der Waals surface area contributed by atoms with Crippen molar-refractivity contribution in [3.63, 3.8) is 0 Å². The van der Waals surface area contributed by atoms with Crippen molar-refractivity contribution in [3.8, 4) is 0 Å². The summed E-state index contributed by atoms with van der Waals surface area (Å²) in [6.45, 7) is 3.34. The summed E-state index contributed by atoms with van der Waals surface area (Å²) in [4.78, 5) is 37.3. The lowest BCUT2D eigenvalue weighted by molar-refractivity contribution is -0.134. The van der Waals surface area contributed by atoms with Crippen molar-refractivity contribution in [2.24, 2.45) is 0 Å². The maximum Gasteiger partial charge on any atom is 0.325 e. The number of carbonyl (C=O) groups excluding carboxylic acids is 3. The van der Waals surface area contributed by atoms with Crippen molar-refractivity contribution in [1.82, 2.24) is 10.2 Å². The zero-order valence-electron chi connectivity index (χ0n) is 12.5. The quantitative estimate of drug-likeness (QED) is 0.817. The molecule has 1 fully saturated rings. The van der Waals surface area contributed by atoms with E-state index in [4.69, 9.17) is 11.6 Å². The van der Waals surface area contributed by atoms with Crippen LogP contribution in [0, 0.1) is 0 Å². The molecule has 4 amide bonds. The van der Waals surface area contributed by atoms with Gasteiger partial charge in [-0.2, -0.15) is 0 Å². The molecule has 0 unspecified atom stereocenters. The molecule has 1 aromatic rings. The lowest BCUT2D eigenvalue weighted by atomic mass is 9.93. The fourth-order valence-corrected chi connectivity index (χ4v) is 2.65. The molecule has 1 aromatic carbocycles. The number of hydrogen-bond acceptors (Lipinski definition) is 3. The Hall–Kier alpha value is -2.08. The zero-order chi connectivity index (χ0) is 16.3. The Bertz CT molecular complexity index is 614. The van der Waals surface area contributed by atoms with Crippen LogP contribution in [-0.2, 0) is 9.59 Å². The third kappa shape index (κ3) is 3.06. The Morgan fingerprint density at radius 2 is 2.00 bits per heavy atom. The summed E-state index contributed by atoms with van der Waals surface area (Å²) in [7, 11) is 0. The summed E-state index contributed by atoms with van der Waals surface area (Å²) < 4.78 is 0. The van der Waals surface area contributed by atoms with E-state index in [0.717, 1.165) is 4.90 Å². The van der Waals surface area contributed by atoms with Gasteiger partial charge in [0.2, 0.25) is 5.91 Å². The van der Waals surface area contributed by atoms with Crippen molar-refractivity contribution in [3.05, 3.63) is 29.3 Å². The molecule has 0 saturated carbocycles. The third-order valence-corrected chi connectivity index (χ3v) is 4.10. The molecule has 0 aliphatic carbocycles. The molecule has 0 aromatic heterocycles. The lowest BCUT2D eigenvalue weighted by Gasteiger charge is -2.23. The van der Waals surface area contributed by atoms with Gasteiger partial charge in [0.05, 0.1) is 0 Å². The molecule has 1 aliphatic rings. The summed E-state index contributed by atoms with van der Waals surface area (Å²) in [6, 6.07) is 6.12. The Morgan fingerprint density at radius 3 is 2.55 bits per heavy atom. The van der Waals surface area contributed by atoms with Gasteiger partial charge in [-0.25, -0.2) is 4.79 Å². The van der Waals surface area contributed by atoms with E-state index in [1.807, 2.05) is 13.8 Å². The van der Waals surface area contributed by atoms with Crippen LogP contribution in [0.25, 0.3) is 0 Å². The van der Waals surface area contributed by atoms with Gasteiger partial charge in [-0.1, -0.05) is 31.5 Å². The van der Waals surface area contributed by atoms with E-state index < -0.39 is 17.5 Å². The van der Waals surface area contributed by atoms with Crippen molar-refractivity contribution >= 4 is 35.1 Å². The maximum absolute atomic E-state index is 12.4. The monoisotopic (exact) mass is 323 g/mol. The normalized spacial score (nSPS) is 16.6. The molecule has 22 heavy (non-hydrogen) atoms. The summed E-state index contributed by atoms with van der Waals surface area (Å²) in [5.74, 6) is -0.808. The summed E-state index contributed by atoms with van der Waals surface area (Å²) >= 11 is 5.84. The Balaban J connectivity index is 2.06. The number of hydrogen-bond donors (Lipinski definition) is 2. The highest BCUT2D eigenvalue weighted by atomic mass is 35.5. The van der Waals surface area contributed by atoms with E-state index in [1.165, 1.54) is 0 Å². The van der Waals surface area contributed by atoms with Gasteiger partial charge in [0.15, 0.2) is 0 Å². The minimum Gasteiger partial charge on any atom is -0.324 e. The van der Waals surface area contributed by atoms with Crippen molar-refractivity contribution in [2.75, 3.05) is 11.9 Å². The van der Waals surface area contributed by atoms with Gasteiger partial charge in [-0.05, 0) is 31.0 Å². The first-order valence-electron chi connectivity index (χ1n) is 7.11. The van der Waals surface area contributed by atoms with Crippen molar-refractivity contribution in [2.45, 2.75) is 32.2 Å². The minimum absolute atomic E-state index is 0.321. The van der Waals surface area contributed by atoms with E-state index in [1.54, 1.807) is 24.3 Å². The highest BCUT2D eigenvalue weighted by molar-refractivity contribution is 6.30. The summed E-state index contributed by atoms with van der Waals surface area (Å²) in [5, 5.41) is 5.79. The number of amides is 4. The van der Waals surface area contributed by atoms with Gasteiger partial charge in [0.1, 0.15) is 12.1 Å². The van der Waals surface area contributed by atoms with Crippen LogP contribution in [0.5, 0.6) is 0 Å². The smallest absolute Gasteiger partial charge is 0.324 e. The van der Waals surface area contributed by atoms with Crippen LogP contribution in [0.15, 0.2) is 24.3 Å². The zero-order valence-corrected chi connectivity index (χ0v) is 13.2. The molecule has 2 N–H and O–H groups in total. The van der Waals surface area contributed by atoms with Crippen LogP contribution in [0.3, 0.4) is 0 Å². The third-order valence-electron chi connectivity index (χ3n) is 3.86. The van der Waals surface area contributed by atoms with Crippen molar-refractivity contribution < 1.29 is 14.4 Å². The van der Waals surface area contributed by atoms with Gasteiger partial charge in [0.25, 0.3) is 5.91 Å². The van der Waals surface area contributed by atoms with E-state index >= 15 is 0 Å². The molecule has 1 heterocycles. The van der Waals surface area contributed by atoms with Crippen LogP contribution in [0.2, 0.25) is 5.02 Å². The predicted octanol–water partition coefficient (Wildman–Crippen LogP) is 2.39. The Labute approximate surface area is 133 Å². The first-order valence-corrected chi connectivity index (χ1v) is 7.49. The van der Waals surface area contributed by atoms with Gasteiger partial charge in [-0.3, -0.25) is 14.5 Å². The second-order valence-corrected chi connectivity index (χ2v) is 5.61. The molecule has 0 atom stereocenters. The van der Waals surface area contributed by atoms with Gasteiger partial charge >= 0.3 is 6.03 Å². The molecule has 0 bridgehead atoms. The largest absolute Gasteiger partial charge is 0.325 e. The molecule has 6 nitrogen and oxygen atoms in total. The first kappa shape index (κ1) is 16.3. The van der Waals surface area contributed by atoms with E-state index in [0.29, 0.717) is 23.6 Å². The standard InChI is InChI=1S/C15H18ClN3O3/c1-3-15(4-2)13(21)19(14(22)18-15)9-12(20)17-11-7-5-6-10(16)8-11/h5-8H,3-4,9H2,1-2H3,(H,17,20)(H,18,22). The molecular formula is C15H18ClN3O3. The minimum atomic E-state index is -0.895. The number of benzene rings is 1. The molecule has 1 saturated heterocycles. The SMILES string of the molecule is CCC1(CC)NC(=O)N(CC(=O)Nc2cccc(Cl)c2)C1=O. The molecular weight excluding hydrogens is 306 g/mol. The molecule has 1 aliphatic heterocycles. The number of anilines is 1. The fraction of sp³-hybridized carbons (Fsp3) is 0.400. The van der Waals surface area contributed by atoms with Crippen LogP contribution in [0.4, 0.5) is 10.5 Å². The highest BCUT2D eigenvalue weighted by Crippen LogP contribution is 2.24. The van der Waals surface area contributed by atoms with Crippen LogP contribution in [0.1, 0.15) is 26.7 Å². The molecule has 118 valence electrons. The van der Waals surface area contributed by atoms with Crippen LogP contribution < -0.4 is 10.6 Å². The second-order valence-electron chi connectivity index (χ2n) is 5.17. The van der Waals surface area contributed by atoms with Gasteiger partial charge in [-0.15, -0.1) is 0 Å². The average molecular weight is 324 g/mol. The molecule has 0 radical (unpaired) electrons. The van der Waals surface area contributed by atoms with Crippen LogP contribution >= 0.6 is 11.6 Å². The second kappa shape index (κ2) is 6.36. The van der Waals surface area contributed by atoms with Gasteiger partial charge in [0, 0.05) is 10.7 Å². The van der Waals surface area contributed by atoms with Crippen molar-refractivity contribution in [1.29, 1.82) is 0 Å². The van der Waals surface area contributed by atoms with E-state index in [9.17, 15) is 14.4 Å². The van der Waals surface area contributed by atoms with Crippen LogP contribution in [-0.4, -0.2) is 34.8 Å². The number of nitrogens with zero attached hydrogens (tertiary/aromatic N) is 1. The number of rotatable bonds is 5. The molecule has 7 heteroatoms. The first-order chi connectivity index (χ1) is 10.4. The highest BCUT2D eigenvalue weighted by Gasteiger charge is 2.49.